The molecule has 0 rings (SSSR count). The molecule has 1 atom stereocenters. The molecule has 0 aromatic heterocycles. The van der Waals surface area contributed by atoms with Crippen LogP contribution in [0, 0.1) is 0 Å². The second kappa shape index (κ2) is 7.81. The number of amides is 1. The lowest BCUT2D eigenvalue weighted by atomic mass is 9.96. The molecule has 0 bridgehead atoms. The molecule has 0 spiro atoms. The second-order valence-electron chi connectivity index (χ2n) is 5.31. The number of rotatable bonds is 10. The average Bonchev–Trinajstić information content (AvgIpc) is 2.30. The van der Waals surface area contributed by atoms with Crippen molar-refractivity contribution in [3.8, 4) is 0 Å². The predicted molar refractivity (Wildman–Crippen MR) is 77.7 cm³/mol. The fraction of sp³-hybridized carbons (Fsp3) is 0.917. The van der Waals surface area contributed by atoms with Gasteiger partial charge in [-0.05, 0) is 33.4 Å². The summed E-state index contributed by atoms with van der Waals surface area (Å²) in [5.74, 6) is -0.253. The van der Waals surface area contributed by atoms with E-state index in [1.807, 2.05) is 18.9 Å². The number of carbonyl (C=O) groups is 1. The molecule has 7 heteroatoms. The third-order valence-corrected chi connectivity index (χ3v) is 4.07. The van der Waals surface area contributed by atoms with Crippen LogP contribution in [-0.2, 0) is 14.6 Å². The Hall–Kier alpha value is -0.660. The van der Waals surface area contributed by atoms with Gasteiger partial charge in [-0.1, -0.05) is 6.92 Å². The van der Waals surface area contributed by atoms with Crippen LogP contribution >= 0.6 is 0 Å². The van der Waals surface area contributed by atoms with E-state index in [1.54, 1.807) is 6.92 Å². The zero-order valence-electron chi connectivity index (χ0n) is 12.4. The Kier molecular flexibility index (Phi) is 7.54. The maximum absolute atomic E-state index is 11.5. The number of carbonyl (C=O) groups excluding carboxylic acids is 1. The van der Waals surface area contributed by atoms with E-state index >= 15 is 0 Å². The van der Waals surface area contributed by atoms with Crippen molar-refractivity contribution in [3.63, 3.8) is 0 Å². The molecule has 0 saturated heterocycles. The number of hydrogen-bond donors (Lipinski definition) is 2. The standard InChI is InChI=1S/C12H27N3O3S/c1-5-7-14-12(2,11(13)16)6-8-15(3)9-10-19(4,17)18/h14H,5-10H2,1-4H3,(H2,13,16). The summed E-state index contributed by atoms with van der Waals surface area (Å²) in [7, 11) is -1.11. The number of sulfone groups is 1. The van der Waals surface area contributed by atoms with E-state index in [1.165, 1.54) is 6.26 Å². The number of primary amides is 1. The Morgan fingerprint density at radius 3 is 2.37 bits per heavy atom. The van der Waals surface area contributed by atoms with Crippen LogP contribution in [-0.4, -0.2) is 63.5 Å². The van der Waals surface area contributed by atoms with Crippen molar-refractivity contribution in [3.05, 3.63) is 0 Å². The molecule has 1 amide bonds. The van der Waals surface area contributed by atoms with Crippen LogP contribution in [0.2, 0.25) is 0 Å². The van der Waals surface area contributed by atoms with Gasteiger partial charge in [0.15, 0.2) is 0 Å². The normalized spacial score (nSPS) is 15.4. The van der Waals surface area contributed by atoms with Crippen LogP contribution < -0.4 is 11.1 Å². The maximum atomic E-state index is 11.5. The monoisotopic (exact) mass is 293 g/mol. The minimum atomic E-state index is -2.95. The fourth-order valence-corrected chi connectivity index (χ4v) is 2.19. The maximum Gasteiger partial charge on any atom is 0.237 e. The Morgan fingerprint density at radius 1 is 1.37 bits per heavy atom. The highest BCUT2D eigenvalue weighted by molar-refractivity contribution is 7.90. The van der Waals surface area contributed by atoms with Crippen molar-refractivity contribution in [2.45, 2.75) is 32.2 Å². The summed E-state index contributed by atoms with van der Waals surface area (Å²) in [6.45, 7) is 5.61. The molecule has 0 aromatic carbocycles. The molecule has 0 saturated carbocycles. The first kappa shape index (κ1) is 18.3. The van der Waals surface area contributed by atoms with Crippen molar-refractivity contribution < 1.29 is 13.2 Å². The topological polar surface area (TPSA) is 92.5 Å². The largest absolute Gasteiger partial charge is 0.368 e. The van der Waals surface area contributed by atoms with E-state index in [4.69, 9.17) is 5.73 Å². The lowest BCUT2D eigenvalue weighted by Crippen LogP contribution is -2.54. The number of hydrogen-bond acceptors (Lipinski definition) is 5. The minimum absolute atomic E-state index is 0.124. The number of nitrogens with zero attached hydrogens (tertiary/aromatic N) is 1. The Morgan fingerprint density at radius 2 is 1.95 bits per heavy atom. The Balaban J connectivity index is 4.28. The fourth-order valence-electron chi connectivity index (χ4n) is 1.55. The highest BCUT2D eigenvalue weighted by Gasteiger charge is 2.29. The smallest absolute Gasteiger partial charge is 0.237 e. The molecule has 0 fully saturated rings. The molecule has 114 valence electrons. The summed E-state index contributed by atoms with van der Waals surface area (Å²) in [5.41, 5.74) is 4.68. The lowest BCUT2D eigenvalue weighted by Gasteiger charge is -2.29. The molecular weight excluding hydrogens is 266 g/mol. The zero-order valence-corrected chi connectivity index (χ0v) is 13.2. The Bertz CT molecular complexity index is 384. The van der Waals surface area contributed by atoms with E-state index in [-0.39, 0.29) is 11.7 Å². The molecule has 1 unspecified atom stereocenters. The van der Waals surface area contributed by atoms with Crippen LogP contribution in [0.4, 0.5) is 0 Å². The van der Waals surface area contributed by atoms with Gasteiger partial charge in [-0.3, -0.25) is 4.79 Å². The SMILES string of the molecule is CCCNC(C)(CCN(C)CCS(C)(=O)=O)C(N)=O. The molecule has 0 aliphatic rings. The summed E-state index contributed by atoms with van der Waals surface area (Å²) >= 11 is 0. The second-order valence-corrected chi connectivity index (χ2v) is 7.57. The minimum Gasteiger partial charge on any atom is -0.368 e. The molecule has 0 aromatic rings. The van der Waals surface area contributed by atoms with Crippen molar-refractivity contribution in [2.24, 2.45) is 5.73 Å². The van der Waals surface area contributed by atoms with Gasteiger partial charge < -0.3 is 16.0 Å². The Labute approximate surface area is 116 Å². The van der Waals surface area contributed by atoms with Gasteiger partial charge >= 0.3 is 0 Å². The first-order chi connectivity index (χ1) is 8.60. The lowest BCUT2D eigenvalue weighted by molar-refractivity contribution is -0.124. The van der Waals surface area contributed by atoms with Gasteiger partial charge in [-0.25, -0.2) is 8.42 Å². The molecular formula is C12H27N3O3S. The highest BCUT2D eigenvalue weighted by Crippen LogP contribution is 2.10. The van der Waals surface area contributed by atoms with Crippen LogP contribution in [0.15, 0.2) is 0 Å². The van der Waals surface area contributed by atoms with Crippen molar-refractivity contribution in [2.75, 3.05) is 38.7 Å². The van der Waals surface area contributed by atoms with E-state index in [0.717, 1.165) is 13.0 Å². The average molecular weight is 293 g/mol. The zero-order chi connectivity index (χ0) is 15.1. The molecule has 3 N–H and O–H groups in total. The van der Waals surface area contributed by atoms with Crippen LogP contribution in [0.25, 0.3) is 0 Å². The quantitative estimate of drug-likeness (QED) is 0.571. The summed E-state index contributed by atoms with van der Waals surface area (Å²) in [6.07, 6.45) is 2.70. The third-order valence-electron chi connectivity index (χ3n) is 3.15. The third kappa shape index (κ3) is 8.18. The molecule has 0 radical (unpaired) electrons. The first-order valence-electron chi connectivity index (χ1n) is 6.52. The van der Waals surface area contributed by atoms with E-state index in [0.29, 0.717) is 19.5 Å². The van der Waals surface area contributed by atoms with Gasteiger partial charge in [-0.15, -0.1) is 0 Å². The number of nitrogens with two attached hydrogens (primary N) is 1. The summed E-state index contributed by atoms with van der Waals surface area (Å²) in [5, 5.41) is 3.15. The molecule has 0 heterocycles. The van der Waals surface area contributed by atoms with Crippen molar-refractivity contribution in [1.82, 2.24) is 10.2 Å². The van der Waals surface area contributed by atoms with Crippen molar-refractivity contribution in [1.29, 1.82) is 0 Å². The van der Waals surface area contributed by atoms with E-state index in [9.17, 15) is 13.2 Å². The summed E-state index contributed by atoms with van der Waals surface area (Å²) in [4.78, 5) is 13.4. The van der Waals surface area contributed by atoms with Crippen LogP contribution in [0.1, 0.15) is 26.7 Å². The summed E-state index contributed by atoms with van der Waals surface area (Å²) < 4.78 is 22.1. The van der Waals surface area contributed by atoms with E-state index in [2.05, 4.69) is 5.32 Å². The van der Waals surface area contributed by atoms with Gasteiger partial charge in [0.1, 0.15) is 9.84 Å². The summed E-state index contributed by atoms with van der Waals surface area (Å²) in [6, 6.07) is 0. The van der Waals surface area contributed by atoms with E-state index < -0.39 is 15.4 Å². The van der Waals surface area contributed by atoms with Gasteiger partial charge in [0.25, 0.3) is 0 Å². The first-order valence-corrected chi connectivity index (χ1v) is 8.58. The molecule has 19 heavy (non-hydrogen) atoms. The van der Waals surface area contributed by atoms with Crippen LogP contribution in [0.5, 0.6) is 0 Å². The van der Waals surface area contributed by atoms with Crippen molar-refractivity contribution >= 4 is 15.7 Å². The van der Waals surface area contributed by atoms with Gasteiger partial charge in [0.05, 0.1) is 11.3 Å². The van der Waals surface area contributed by atoms with Gasteiger partial charge in [0.2, 0.25) is 5.91 Å². The number of nitrogens with one attached hydrogen (secondary N) is 1. The molecule has 0 aliphatic heterocycles. The van der Waals surface area contributed by atoms with Crippen LogP contribution in [0.3, 0.4) is 0 Å². The molecule has 6 nitrogen and oxygen atoms in total. The highest BCUT2D eigenvalue weighted by atomic mass is 32.2. The predicted octanol–water partition coefficient (Wildman–Crippen LogP) is -0.403. The van der Waals surface area contributed by atoms with Gasteiger partial charge in [-0.2, -0.15) is 0 Å². The van der Waals surface area contributed by atoms with Gasteiger partial charge in [0, 0.05) is 19.3 Å². The molecule has 0 aliphatic carbocycles.